The van der Waals surface area contributed by atoms with E-state index in [1.165, 1.54) is 24.0 Å². The van der Waals surface area contributed by atoms with Crippen LogP contribution in [0.15, 0.2) is 47.1 Å². The predicted molar refractivity (Wildman–Crippen MR) is 137 cm³/mol. The van der Waals surface area contributed by atoms with Crippen LogP contribution in [0.4, 0.5) is 20.6 Å². The van der Waals surface area contributed by atoms with Gasteiger partial charge in [-0.05, 0) is 78.1 Å². The fourth-order valence-corrected chi connectivity index (χ4v) is 6.42. The minimum absolute atomic E-state index is 0.0165. The van der Waals surface area contributed by atoms with Crippen LogP contribution in [0.3, 0.4) is 0 Å². The number of nitrogens with zero attached hydrogens (tertiary/aromatic N) is 4. The molecule has 1 N–H and O–H groups in total. The van der Waals surface area contributed by atoms with Gasteiger partial charge >= 0.3 is 6.03 Å². The molecule has 4 heterocycles. The maximum atomic E-state index is 13.9. The molecule has 2 fully saturated rings. The molecule has 0 aromatic heterocycles. The van der Waals surface area contributed by atoms with E-state index in [2.05, 4.69) is 39.6 Å². The van der Waals surface area contributed by atoms with Gasteiger partial charge in [0, 0.05) is 50.7 Å². The summed E-state index contributed by atoms with van der Waals surface area (Å²) in [5, 5.41) is 8.00. The molecule has 0 radical (unpaired) electrons. The van der Waals surface area contributed by atoms with Gasteiger partial charge in [0.2, 0.25) is 0 Å². The van der Waals surface area contributed by atoms with Crippen molar-refractivity contribution in [3.8, 4) is 0 Å². The number of fused-ring (bicyclic) bond motifs is 5. The Labute approximate surface area is 210 Å². The smallest absolute Gasteiger partial charge is 0.323 e. The molecule has 2 aromatic carbocycles. The van der Waals surface area contributed by atoms with Gasteiger partial charge in [-0.15, -0.1) is 0 Å². The van der Waals surface area contributed by atoms with Crippen molar-refractivity contribution in [2.24, 2.45) is 10.6 Å². The molecular formula is C28H30FN5O2. The normalized spacial score (nSPS) is 25.8. The Morgan fingerprint density at radius 3 is 2.89 bits per heavy atom. The van der Waals surface area contributed by atoms with Gasteiger partial charge in [-0.2, -0.15) is 0 Å². The van der Waals surface area contributed by atoms with Gasteiger partial charge in [0.05, 0.1) is 0 Å². The molecule has 5 aliphatic rings. The Bertz CT molecular complexity index is 1350. The van der Waals surface area contributed by atoms with E-state index in [0.29, 0.717) is 19.7 Å². The SMILES string of the molecule is CN(C)C(=O)N1CCc2cc(/C=C3\CC4(CC4)CN4C3=NOCC43CNc4cc(F)ccc43)ccc21. The lowest BCUT2D eigenvalue weighted by Gasteiger charge is -2.49. The van der Waals surface area contributed by atoms with Crippen molar-refractivity contribution in [3.63, 3.8) is 0 Å². The third-order valence-electron chi connectivity index (χ3n) is 8.54. The van der Waals surface area contributed by atoms with Crippen LogP contribution in [-0.4, -0.2) is 62.0 Å². The number of hydrogen-bond acceptors (Lipinski definition) is 5. The number of amidine groups is 1. The van der Waals surface area contributed by atoms with Gasteiger partial charge in [-0.3, -0.25) is 4.90 Å². The lowest BCUT2D eigenvalue weighted by atomic mass is 9.82. The molecule has 1 aliphatic carbocycles. The number of benzene rings is 2. The fraction of sp³-hybridized carbons (Fsp3) is 0.429. The second-order valence-corrected chi connectivity index (χ2v) is 11.2. The zero-order chi connectivity index (χ0) is 24.7. The van der Waals surface area contributed by atoms with Crippen molar-refractivity contribution in [1.82, 2.24) is 9.80 Å². The molecule has 1 unspecified atom stereocenters. The van der Waals surface area contributed by atoms with Gasteiger partial charge in [0.1, 0.15) is 18.0 Å². The first kappa shape index (κ1) is 21.7. The summed E-state index contributed by atoms with van der Waals surface area (Å²) in [5.74, 6) is 0.659. The number of urea groups is 1. The Balaban J connectivity index is 1.25. The topological polar surface area (TPSA) is 60.4 Å². The summed E-state index contributed by atoms with van der Waals surface area (Å²) < 4.78 is 13.9. The lowest BCUT2D eigenvalue weighted by molar-refractivity contribution is -0.00612. The fourth-order valence-electron chi connectivity index (χ4n) is 6.42. The quantitative estimate of drug-likeness (QED) is 0.648. The number of piperidine rings is 1. The summed E-state index contributed by atoms with van der Waals surface area (Å²) in [6.45, 7) is 2.76. The molecule has 7 rings (SSSR count). The van der Waals surface area contributed by atoms with E-state index in [0.717, 1.165) is 47.7 Å². The van der Waals surface area contributed by atoms with Crippen LogP contribution < -0.4 is 10.2 Å². The average molecular weight is 488 g/mol. The molecular weight excluding hydrogens is 457 g/mol. The Kier molecular flexibility index (Phi) is 4.51. The van der Waals surface area contributed by atoms with Crippen molar-refractivity contribution in [3.05, 3.63) is 64.5 Å². The van der Waals surface area contributed by atoms with Crippen molar-refractivity contribution in [2.45, 2.75) is 31.2 Å². The number of carbonyl (C=O) groups excluding carboxylic acids is 1. The molecule has 4 aliphatic heterocycles. The van der Waals surface area contributed by atoms with E-state index >= 15 is 0 Å². The number of carbonyl (C=O) groups is 1. The van der Waals surface area contributed by atoms with Gasteiger partial charge in [-0.1, -0.05) is 17.3 Å². The van der Waals surface area contributed by atoms with E-state index in [1.54, 1.807) is 31.1 Å². The Morgan fingerprint density at radius 2 is 2.08 bits per heavy atom. The second-order valence-electron chi connectivity index (χ2n) is 11.2. The highest BCUT2D eigenvalue weighted by Crippen LogP contribution is 2.57. The summed E-state index contributed by atoms with van der Waals surface area (Å²) in [7, 11) is 3.58. The zero-order valence-corrected chi connectivity index (χ0v) is 20.7. The number of amides is 2. The minimum atomic E-state index is -0.389. The third-order valence-corrected chi connectivity index (χ3v) is 8.54. The second kappa shape index (κ2) is 7.48. The van der Waals surface area contributed by atoms with Crippen molar-refractivity contribution in [1.29, 1.82) is 0 Å². The highest BCUT2D eigenvalue weighted by atomic mass is 19.1. The number of oxime groups is 1. The summed E-state index contributed by atoms with van der Waals surface area (Å²) in [6, 6.07) is 11.4. The minimum Gasteiger partial charge on any atom is -0.391 e. The average Bonchev–Trinajstić information content (AvgIpc) is 3.31. The third kappa shape index (κ3) is 3.16. The van der Waals surface area contributed by atoms with Gasteiger partial charge in [-0.25, -0.2) is 9.18 Å². The monoisotopic (exact) mass is 487 g/mol. The number of rotatable bonds is 1. The predicted octanol–water partition coefficient (Wildman–Crippen LogP) is 4.40. The molecule has 1 atom stereocenters. The highest BCUT2D eigenvalue weighted by Gasteiger charge is 2.57. The summed E-state index contributed by atoms with van der Waals surface area (Å²) in [6.07, 6.45) is 6.50. The Morgan fingerprint density at radius 1 is 1.22 bits per heavy atom. The maximum absolute atomic E-state index is 13.9. The van der Waals surface area contributed by atoms with E-state index < -0.39 is 0 Å². The molecule has 1 saturated heterocycles. The molecule has 1 saturated carbocycles. The highest BCUT2D eigenvalue weighted by molar-refractivity contribution is 6.04. The number of hydrogen-bond donors (Lipinski definition) is 1. The zero-order valence-electron chi connectivity index (χ0n) is 20.7. The summed E-state index contributed by atoms with van der Waals surface area (Å²) >= 11 is 0. The van der Waals surface area contributed by atoms with E-state index in [4.69, 9.17) is 4.84 Å². The molecule has 36 heavy (non-hydrogen) atoms. The van der Waals surface area contributed by atoms with Crippen molar-refractivity contribution >= 4 is 29.3 Å². The molecule has 2 amide bonds. The first-order chi connectivity index (χ1) is 17.4. The standard InChI is InChI=1S/C28H30FN5O2/c1-32(2)26(35)33-10-7-19-11-18(3-6-24(19)33)12-20-14-27(8-9-27)16-34-25(20)31-36-17-28(34)15-30-23-13-21(29)4-5-22(23)28/h3-6,11-13,30H,7-10,14-17H2,1-2H3/b20-12+. The number of nitrogens with one attached hydrogen (secondary N) is 1. The van der Waals surface area contributed by atoms with Crippen LogP contribution in [-0.2, 0) is 16.8 Å². The van der Waals surface area contributed by atoms with Gasteiger partial charge in [0.25, 0.3) is 0 Å². The molecule has 8 heteroatoms. The van der Waals surface area contributed by atoms with E-state index in [-0.39, 0.29) is 22.8 Å². The largest absolute Gasteiger partial charge is 0.391 e. The summed E-state index contributed by atoms with van der Waals surface area (Å²) in [5.41, 5.74) is 6.31. The van der Waals surface area contributed by atoms with Crippen LogP contribution in [0.1, 0.15) is 36.0 Å². The number of halogens is 1. The van der Waals surface area contributed by atoms with Crippen LogP contribution in [0.5, 0.6) is 0 Å². The molecule has 186 valence electrons. The molecule has 0 bridgehead atoms. The lowest BCUT2D eigenvalue weighted by Crippen LogP contribution is -2.60. The molecule has 2 spiro atoms. The molecule has 7 nitrogen and oxygen atoms in total. The van der Waals surface area contributed by atoms with E-state index in [1.807, 2.05) is 11.0 Å². The van der Waals surface area contributed by atoms with Crippen LogP contribution >= 0.6 is 0 Å². The van der Waals surface area contributed by atoms with Crippen LogP contribution in [0, 0.1) is 11.2 Å². The van der Waals surface area contributed by atoms with Gasteiger partial charge in [0.15, 0.2) is 5.84 Å². The Hall–Kier alpha value is -3.55. The van der Waals surface area contributed by atoms with Crippen molar-refractivity contribution < 1.29 is 14.0 Å². The first-order valence-corrected chi connectivity index (χ1v) is 12.7. The maximum Gasteiger partial charge on any atom is 0.323 e. The molecule has 2 aromatic rings. The van der Waals surface area contributed by atoms with Crippen LogP contribution in [0.25, 0.3) is 6.08 Å². The number of anilines is 2. The summed E-state index contributed by atoms with van der Waals surface area (Å²) in [4.78, 5) is 24.3. The van der Waals surface area contributed by atoms with Crippen LogP contribution in [0.2, 0.25) is 0 Å². The van der Waals surface area contributed by atoms with E-state index in [9.17, 15) is 9.18 Å². The van der Waals surface area contributed by atoms with Crippen molar-refractivity contribution in [2.75, 3.05) is 50.6 Å². The van der Waals surface area contributed by atoms with Gasteiger partial charge < -0.3 is 20.0 Å². The first-order valence-electron chi connectivity index (χ1n) is 12.7.